The lowest BCUT2D eigenvalue weighted by molar-refractivity contribution is -0.00434. The zero-order chi connectivity index (χ0) is 11.5. The molecule has 0 aromatic heterocycles. The van der Waals surface area contributed by atoms with Crippen molar-refractivity contribution in [2.24, 2.45) is 0 Å². The van der Waals surface area contributed by atoms with E-state index in [2.05, 4.69) is 27.7 Å². The fourth-order valence-corrected chi connectivity index (χ4v) is 1.51. The number of rotatable bonds is 10. The van der Waals surface area contributed by atoms with Crippen molar-refractivity contribution in [1.29, 1.82) is 0 Å². The van der Waals surface area contributed by atoms with Gasteiger partial charge in [-0.1, -0.05) is 20.3 Å². The van der Waals surface area contributed by atoms with Crippen molar-refractivity contribution < 1.29 is 9.47 Å². The summed E-state index contributed by atoms with van der Waals surface area (Å²) in [4.78, 5) is 0. The van der Waals surface area contributed by atoms with Crippen LogP contribution in [0.5, 0.6) is 0 Å². The first-order valence-electron chi connectivity index (χ1n) is 6.43. The van der Waals surface area contributed by atoms with E-state index < -0.39 is 0 Å². The Labute approximate surface area is 95.3 Å². The minimum atomic E-state index is 0.343. The average Bonchev–Trinajstić information content (AvgIpc) is 2.20. The molecule has 0 amide bonds. The van der Waals surface area contributed by atoms with E-state index in [1.165, 1.54) is 12.8 Å². The number of hydrogen-bond donors (Lipinski definition) is 0. The lowest BCUT2D eigenvalue weighted by Gasteiger charge is -2.18. The summed E-state index contributed by atoms with van der Waals surface area (Å²) < 4.78 is 11.3. The molecule has 15 heavy (non-hydrogen) atoms. The van der Waals surface area contributed by atoms with Gasteiger partial charge in [-0.05, 0) is 39.5 Å². The van der Waals surface area contributed by atoms with Crippen LogP contribution in [0.3, 0.4) is 0 Å². The van der Waals surface area contributed by atoms with Gasteiger partial charge in [0.15, 0.2) is 0 Å². The lowest BCUT2D eigenvalue weighted by atomic mass is 10.1. The SMILES string of the molecule is CCCCOCCCC(CC)OC(C)C. The van der Waals surface area contributed by atoms with Gasteiger partial charge < -0.3 is 9.47 Å². The topological polar surface area (TPSA) is 18.5 Å². The van der Waals surface area contributed by atoms with Crippen molar-refractivity contribution in [1.82, 2.24) is 0 Å². The van der Waals surface area contributed by atoms with E-state index in [0.29, 0.717) is 12.2 Å². The predicted octanol–water partition coefficient (Wildman–Crippen LogP) is 3.79. The third-order valence-corrected chi connectivity index (χ3v) is 2.38. The second-order valence-electron chi connectivity index (χ2n) is 4.32. The van der Waals surface area contributed by atoms with Gasteiger partial charge >= 0.3 is 0 Å². The molecule has 1 unspecified atom stereocenters. The molecule has 0 aromatic carbocycles. The number of ether oxygens (including phenoxy) is 2. The predicted molar refractivity (Wildman–Crippen MR) is 65.3 cm³/mol. The quantitative estimate of drug-likeness (QED) is 0.517. The molecule has 0 N–H and O–H groups in total. The summed E-state index contributed by atoms with van der Waals surface area (Å²) in [6.45, 7) is 10.4. The van der Waals surface area contributed by atoms with Gasteiger partial charge in [-0.3, -0.25) is 0 Å². The fraction of sp³-hybridized carbons (Fsp3) is 1.00. The first-order chi connectivity index (χ1) is 7.20. The molecule has 0 saturated carbocycles. The molecular formula is C13H28O2. The van der Waals surface area contributed by atoms with Crippen molar-refractivity contribution in [3.05, 3.63) is 0 Å². The van der Waals surface area contributed by atoms with Gasteiger partial charge in [0, 0.05) is 13.2 Å². The smallest absolute Gasteiger partial charge is 0.0576 e. The maximum absolute atomic E-state index is 5.77. The summed E-state index contributed by atoms with van der Waals surface area (Å²) in [6.07, 6.45) is 6.51. The molecule has 0 heterocycles. The standard InChI is InChI=1S/C13H28O2/c1-5-7-10-14-11-8-9-13(6-2)15-12(3)4/h12-13H,5-11H2,1-4H3. The molecule has 92 valence electrons. The molecule has 0 radical (unpaired) electrons. The summed E-state index contributed by atoms with van der Waals surface area (Å²) in [5, 5.41) is 0. The van der Waals surface area contributed by atoms with E-state index in [-0.39, 0.29) is 0 Å². The zero-order valence-electron chi connectivity index (χ0n) is 10.9. The summed E-state index contributed by atoms with van der Waals surface area (Å²) in [6, 6.07) is 0. The van der Waals surface area contributed by atoms with E-state index >= 15 is 0 Å². The number of hydrogen-bond acceptors (Lipinski definition) is 2. The van der Waals surface area contributed by atoms with Crippen LogP contribution >= 0.6 is 0 Å². The zero-order valence-corrected chi connectivity index (χ0v) is 10.9. The third kappa shape index (κ3) is 10.2. The highest BCUT2D eigenvalue weighted by Gasteiger charge is 2.07. The first-order valence-corrected chi connectivity index (χ1v) is 6.43. The first kappa shape index (κ1) is 14.9. The molecule has 0 aromatic rings. The van der Waals surface area contributed by atoms with Crippen molar-refractivity contribution in [3.8, 4) is 0 Å². The molecule has 2 nitrogen and oxygen atoms in total. The molecule has 0 rings (SSSR count). The van der Waals surface area contributed by atoms with Crippen LogP contribution in [0.1, 0.15) is 59.8 Å². The summed E-state index contributed by atoms with van der Waals surface area (Å²) in [5.41, 5.74) is 0. The van der Waals surface area contributed by atoms with Crippen molar-refractivity contribution in [2.45, 2.75) is 72.0 Å². The molecule has 0 spiro atoms. The van der Waals surface area contributed by atoms with Gasteiger partial charge in [0.25, 0.3) is 0 Å². The van der Waals surface area contributed by atoms with E-state index in [4.69, 9.17) is 9.47 Å². The van der Waals surface area contributed by atoms with Crippen molar-refractivity contribution >= 4 is 0 Å². The Hall–Kier alpha value is -0.0800. The van der Waals surface area contributed by atoms with Crippen LogP contribution in [0.4, 0.5) is 0 Å². The highest BCUT2D eigenvalue weighted by molar-refractivity contribution is 4.57. The van der Waals surface area contributed by atoms with Gasteiger partial charge in [-0.15, -0.1) is 0 Å². The monoisotopic (exact) mass is 216 g/mol. The van der Waals surface area contributed by atoms with Gasteiger partial charge in [0.05, 0.1) is 12.2 Å². The normalized spacial score (nSPS) is 13.4. The average molecular weight is 216 g/mol. The summed E-state index contributed by atoms with van der Waals surface area (Å²) in [5.74, 6) is 0. The van der Waals surface area contributed by atoms with Crippen LogP contribution in [0.2, 0.25) is 0 Å². The van der Waals surface area contributed by atoms with E-state index in [9.17, 15) is 0 Å². The highest BCUT2D eigenvalue weighted by Crippen LogP contribution is 2.09. The molecule has 0 aliphatic carbocycles. The maximum Gasteiger partial charge on any atom is 0.0576 e. The van der Waals surface area contributed by atoms with E-state index in [0.717, 1.165) is 32.5 Å². The van der Waals surface area contributed by atoms with Gasteiger partial charge in [-0.25, -0.2) is 0 Å². The minimum absolute atomic E-state index is 0.343. The van der Waals surface area contributed by atoms with Crippen LogP contribution in [0.25, 0.3) is 0 Å². The molecule has 0 aliphatic heterocycles. The van der Waals surface area contributed by atoms with Crippen LogP contribution < -0.4 is 0 Å². The van der Waals surface area contributed by atoms with Crippen LogP contribution in [0, 0.1) is 0 Å². The number of unbranched alkanes of at least 4 members (excludes halogenated alkanes) is 1. The van der Waals surface area contributed by atoms with Crippen LogP contribution in [-0.4, -0.2) is 25.4 Å². The molecule has 1 atom stereocenters. The highest BCUT2D eigenvalue weighted by atomic mass is 16.5. The molecule has 0 aliphatic rings. The second-order valence-corrected chi connectivity index (χ2v) is 4.32. The lowest BCUT2D eigenvalue weighted by Crippen LogP contribution is -2.17. The van der Waals surface area contributed by atoms with Gasteiger partial charge in [0.2, 0.25) is 0 Å². The minimum Gasteiger partial charge on any atom is -0.381 e. The Morgan fingerprint density at radius 3 is 2.20 bits per heavy atom. The van der Waals surface area contributed by atoms with Crippen LogP contribution in [-0.2, 0) is 9.47 Å². The van der Waals surface area contributed by atoms with E-state index in [1.807, 2.05) is 0 Å². The fourth-order valence-electron chi connectivity index (χ4n) is 1.51. The van der Waals surface area contributed by atoms with Crippen LogP contribution in [0.15, 0.2) is 0 Å². The Morgan fingerprint density at radius 1 is 1.00 bits per heavy atom. The van der Waals surface area contributed by atoms with Crippen molar-refractivity contribution in [2.75, 3.05) is 13.2 Å². The van der Waals surface area contributed by atoms with Crippen molar-refractivity contribution in [3.63, 3.8) is 0 Å². The Morgan fingerprint density at radius 2 is 1.67 bits per heavy atom. The van der Waals surface area contributed by atoms with Gasteiger partial charge in [-0.2, -0.15) is 0 Å². The summed E-state index contributed by atoms with van der Waals surface area (Å²) in [7, 11) is 0. The second kappa shape index (κ2) is 10.4. The van der Waals surface area contributed by atoms with Gasteiger partial charge in [0.1, 0.15) is 0 Å². The molecule has 0 fully saturated rings. The summed E-state index contributed by atoms with van der Waals surface area (Å²) >= 11 is 0. The Balaban J connectivity index is 3.30. The maximum atomic E-state index is 5.77. The Kier molecular flexibility index (Phi) is 10.4. The largest absolute Gasteiger partial charge is 0.381 e. The molecule has 0 bridgehead atoms. The third-order valence-electron chi connectivity index (χ3n) is 2.38. The molecule has 2 heteroatoms. The molecule has 0 saturated heterocycles. The van der Waals surface area contributed by atoms with E-state index in [1.54, 1.807) is 0 Å². The Bertz CT molecular complexity index is 124. The molecular weight excluding hydrogens is 188 g/mol.